The van der Waals surface area contributed by atoms with Crippen molar-refractivity contribution in [1.29, 1.82) is 0 Å². The lowest BCUT2D eigenvalue weighted by molar-refractivity contribution is 0.184. The minimum absolute atomic E-state index is 0.473. The second kappa shape index (κ2) is 7.93. The first-order valence-electron chi connectivity index (χ1n) is 5.16. The molecule has 2 atom stereocenters. The van der Waals surface area contributed by atoms with Gasteiger partial charge in [-0.25, -0.2) is 0 Å². The van der Waals surface area contributed by atoms with Crippen molar-refractivity contribution >= 4 is 31.5 Å². The third kappa shape index (κ3) is 3.56. The molecule has 0 aliphatic heterocycles. The smallest absolute Gasteiger partial charge is 0.497 e. The van der Waals surface area contributed by atoms with Crippen LogP contribution in [0.1, 0.15) is 5.56 Å². The zero-order valence-electron chi connectivity index (χ0n) is 10.6. The molecule has 100 valence electrons. The Bertz CT molecular complexity index is 362. The third-order valence-corrected chi connectivity index (χ3v) is 2.89. The van der Waals surface area contributed by atoms with Crippen LogP contribution in [-0.4, -0.2) is 28.4 Å². The highest BCUT2D eigenvalue weighted by Crippen LogP contribution is 2.23. The van der Waals surface area contributed by atoms with Gasteiger partial charge in [0, 0.05) is 7.11 Å². The fraction of sp³-hybridized carbons (Fsp3) is 0.400. The van der Waals surface area contributed by atoms with E-state index < -0.39 is 7.12 Å². The molecule has 0 heterocycles. The van der Waals surface area contributed by atoms with E-state index in [1.165, 1.54) is 0 Å². The van der Waals surface area contributed by atoms with Gasteiger partial charge in [0.2, 0.25) is 0 Å². The Labute approximate surface area is 112 Å². The van der Waals surface area contributed by atoms with Gasteiger partial charge in [0.1, 0.15) is 11.5 Å². The third-order valence-electron chi connectivity index (χ3n) is 2.40. The van der Waals surface area contributed by atoms with Gasteiger partial charge in [0.15, 0.2) is 0 Å². The van der Waals surface area contributed by atoms with Crippen molar-refractivity contribution in [1.82, 2.24) is 0 Å². The van der Waals surface area contributed by atoms with Crippen molar-refractivity contribution in [2.24, 2.45) is 0 Å². The van der Waals surface area contributed by atoms with Gasteiger partial charge < -0.3 is 23.1 Å². The Morgan fingerprint density at radius 2 is 1.50 bits per heavy atom. The van der Waals surface area contributed by atoms with Crippen molar-refractivity contribution in [2.45, 2.75) is 6.61 Å². The van der Waals surface area contributed by atoms with Gasteiger partial charge >= 0.3 is 7.12 Å². The zero-order chi connectivity index (χ0) is 13.5. The van der Waals surface area contributed by atoms with Gasteiger partial charge in [0.05, 0.1) is 26.3 Å². The summed E-state index contributed by atoms with van der Waals surface area (Å²) in [5.41, 5.74) is 1.63. The predicted octanol–water partition coefficient (Wildman–Crippen LogP) is 1.16. The fourth-order valence-corrected chi connectivity index (χ4v) is 2.17. The van der Waals surface area contributed by atoms with Crippen LogP contribution in [0.4, 0.5) is 0 Å². The molecule has 1 aromatic carbocycles. The molecule has 8 heteroatoms. The number of methoxy groups -OCH3 is 3. The SMILES string of the molecule is COCc1cc(OC)c(B(OP)OP)c(OC)c1. The van der Waals surface area contributed by atoms with Gasteiger partial charge in [-0.2, -0.15) is 0 Å². The first kappa shape index (κ1) is 15.7. The first-order chi connectivity index (χ1) is 8.71. The number of ether oxygens (including phenoxy) is 3. The molecule has 0 fully saturated rings. The fourth-order valence-electron chi connectivity index (χ4n) is 1.64. The standard InChI is InChI=1S/C10H17BO5P2/c1-12-6-7-4-8(13-2)10(9(5-7)14-3)11(15-17)16-18/h4-5H,6,17-18H2,1-3H3. The quantitative estimate of drug-likeness (QED) is 0.557. The van der Waals surface area contributed by atoms with Gasteiger partial charge in [0.25, 0.3) is 0 Å². The molecule has 1 rings (SSSR count). The minimum Gasteiger partial charge on any atom is -0.497 e. The van der Waals surface area contributed by atoms with Crippen LogP contribution in [0.15, 0.2) is 12.1 Å². The summed E-state index contributed by atoms with van der Waals surface area (Å²) < 4.78 is 26.1. The summed E-state index contributed by atoms with van der Waals surface area (Å²) in [6, 6.07) is 3.73. The lowest BCUT2D eigenvalue weighted by Gasteiger charge is -2.17. The lowest BCUT2D eigenvalue weighted by atomic mass is 9.78. The zero-order valence-corrected chi connectivity index (χ0v) is 12.9. The van der Waals surface area contributed by atoms with E-state index in [4.69, 9.17) is 23.1 Å². The molecule has 0 radical (unpaired) electrons. The molecule has 0 aromatic heterocycles. The van der Waals surface area contributed by atoms with E-state index >= 15 is 0 Å². The van der Waals surface area contributed by atoms with Crippen LogP contribution >= 0.6 is 18.9 Å². The molecular weight excluding hydrogens is 273 g/mol. The van der Waals surface area contributed by atoms with Gasteiger partial charge in [-0.15, -0.1) is 0 Å². The number of benzene rings is 1. The van der Waals surface area contributed by atoms with Crippen molar-refractivity contribution in [3.05, 3.63) is 17.7 Å². The molecule has 0 saturated carbocycles. The molecule has 0 aliphatic carbocycles. The Kier molecular flexibility index (Phi) is 6.91. The largest absolute Gasteiger partial charge is 0.507 e. The molecule has 1 aromatic rings. The molecule has 0 N–H and O–H groups in total. The Morgan fingerprint density at radius 3 is 1.83 bits per heavy atom. The van der Waals surface area contributed by atoms with Crippen molar-refractivity contribution < 1.29 is 23.1 Å². The molecule has 0 bridgehead atoms. The topological polar surface area (TPSA) is 46.2 Å². The maximum atomic E-state index is 5.35. The molecule has 0 spiro atoms. The van der Waals surface area contributed by atoms with Crippen LogP contribution in [0.3, 0.4) is 0 Å². The minimum atomic E-state index is -0.610. The van der Waals surface area contributed by atoms with Crippen LogP contribution in [0.2, 0.25) is 0 Å². The summed E-state index contributed by atoms with van der Waals surface area (Å²) in [4.78, 5) is 0. The predicted molar refractivity (Wildman–Crippen MR) is 77.2 cm³/mol. The summed E-state index contributed by atoms with van der Waals surface area (Å²) in [5.74, 6) is 1.24. The molecule has 18 heavy (non-hydrogen) atoms. The summed E-state index contributed by atoms with van der Waals surface area (Å²) in [6.45, 7) is 0.473. The highest BCUT2D eigenvalue weighted by molar-refractivity contribution is 7.16. The van der Waals surface area contributed by atoms with E-state index in [1.54, 1.807) is 21.3 Å². The van der Waals surface area contributed by atoms with Crippen LogP contribution in [-0.2, 0) is 20.2 Å². The van der Waals surface area contributed by atoms with E-state index in [1.807, 2.05) is 12.1 Å². The average Bonchev–Trinajstić information content (AvgIpc) is 2.41. The normalized spacial score (nSPS) is 10.3. The number of hydrogen-bond donors (Lipinski definition) is 0. The van der Waals surface area contributed by atoms with Crippen LogP contribution < -0.4 is 14.9 Å². The maximum absolute atomic E-state index is 5.35. The molecule has 2 unspecified atom stereocenters. The molecule has 0 saturated heterocycles. The second-order valence-electron chi connectivity index (χ2n) is 3.45. The van der Waals surface area contributed by atoms with E-state index in [2.05, 4.69) is 18.9 Å². The van der Waals surface area contributed by atoms with Crippen LogP contribution in [0.25, 0.3) is 0 Å². The van der Waals surface area contributed by atoms with Gasteiger partial charge in [-0.3, -0.25) is 0 Å². The lowest BCUT2D eigenvalue weighted by Crippen LogP contribution is -2.34. The summed E-state index contributed by atoms with van der Waals surface area (Å²) in [5, 5.41) is 0. The van der Waals surface area contributed by atoms with Crippen molar-refractivity contribution in [3.8, 4) is 11.5 Å². The van der Waals surface area contributed by atoms with E-state index in [-0.39, 0.29) is 0 Å². The van der Waals surface area contributed by atoms with Crippen molar-refractivity contribution in [2.75, 3.05) is 21.3 Å². The van der Waals surface area contributed by atoms with Crippen LogP contribution in [0, 0.1) is 0 Å². The average molecular weight is 290 g/mol. The number of rotatable bonds is 7. The number of hydrogen-bond acceptors (Lipinski definition) is 5. The molecular formula is C10H17BO5P2. The van der Waals surface area contributed by atoms with Crippen LogP contribution in [0.5, 0.6) is 11.5 Å². The van der Waals surface area contributed by atoms with E-state index in [0.29, 0.717) is 23.6 Å². The molecule has 0 amide bonds. The highest BCUT2D eigenvalue weighted by Gasteiger charge is 2.28. The Balaban J connectivity index is 3.28. The van der Waals surface area contributed by atoms with E-state index in [0.717, 1.165) is 5.56 Å². The molecule has 5 nitrogen and oxygen atoms in total. The Hall–Kier alpha value is -0.375. The second-order valence-corrected chi connectivity index (χ2v) is 4.00. The Morgan fingerprint density at radius 1 is 1.00 bits per heavy atom. The highest BCUT2D eigenvalue weighted by atomic mass is 31.0. The van der Waals surface area contributed by atoms with E-state index in [9.17, 15) is 0 Å². The van der Waals surface area contributed by atoms with Gasteiger partial charge in [-0.1, -0.05) is 0 Å². The first-order valence-corrected chi connectivity index (χ1v) is 6.10. The van der Waals surface area contributed by atoms with Gasteiger partial charge in [-0.05, 0) is 36.6 Å². The summed E-state index contributed by atoms with van der Waals surface area (Å²) in [6.07, 6.45) is 0. The summed E-state index contributed by atoms with van der Waals surface area (Å²) >= 11 is 0. The monoisotopic (exact) mass is 290 g/mol. The maximum Gasteiger partial charge on any atom is 0.507 e. The summed E-state index contributed by atoms with van der Waals surface area (Å²) in [7, 11) is 8.50. The van der Waals surface area contributed by atoms with Crippen molar-refractivity contribution in [3.63, 3.8) is 0 Å². The molecule has 0 aliphatic rings.